The summed E-state index contributed by atoms with van der Waals surface area (Å²) in [5, 5.41) is 2.91. The Labute approximate surface area is 197 Å². The molecule has 1 aliphatic heterocycles. The van der Waals surface area contributed by atoms with Crippen molar-refractivity contribution in [1.82, 2.24) is 10.2 Å². The highest BCUT2D eigenvalue weighted by atomic mass is 32.2. The summed E-state index contributed by atoms with van der Waals surface area (Å²) < 4.78 is 33.0. The number of carbonyl (C=O) groups excluding carboxylic acids is 1. The number of likely N-dealkylation sites (tertiary alicyclic amines) is 1. The van der Waals surface area contributed by atoms with E-state index in [2.05, 4.69) is 17.1 Å². The molecule has 33 heavy (non-hydrogen) atoms. The van der Waals surface area contributed by atoms with E-state index >= 15 is 0 Å². The monoisotopic (exact) mass is 473 g/mol. The second kappa shape index (κ2) is 12.0. The smallest absolute Gasteiger partial charge is 0.264 e. The molecule has 1 aliphatic rings. The van der Waals surface area contributed by atoms with E-state index in [0.717, 1.165) is 30.2 Å². The Bertz CT molecular complexity index is 980. The van der Waals surface area contributed by atoms with Crippen LogP contribution in [0.15, 0.2) is 59.5 Å². The zero-order chi connectivity index (χ0) is 23.7. The Balaban J connectivity index is 1.63. The lowest BCUT2D eigenvalue weighted by Gasteiger charge is -2.35. The Hall–Kier alpha value is -2.58. The minimum absolute atomic E-state index is 0.107. The number of nitrogens with zero attached hydrogens (tertiary/aromatic N) is 2. The molecule has 1 unspecified atom stereocenters. The number of hydrogen-bond donors (Lipinski definition) is 1. The Kier molecular flexibility index (Phi) is 9.14. The van der Waals surface area contributed by atoms with Gasteiger partial charge >= 0.3 is 0 Å². The van der Waals surface area contributed by atoms with Crippen LogP contribution in [-0.2, 0) is 14.8 Å². The van der Waals surface area contributed by atoms with Crippen LogP contribution >= 0.6 is 0 Å². The van der Waals surface area contributed by atoms with Gasteiger partial charge in [0.2, 0.25) is 5.91 Å². The van der Waals surface area contributed by atoms with Crippen LogP contribution in [0.25, 0.3) is 0 Å². The van der Waals surface area contributed by atoms with E-state index in [1.54, 1.807) is 36.4 Å². The van der Waals surface area contributed by atoms with E-state index in [1.165, 1.54) is 38.5 Å². The molecule has 1 amide bonds. The van der Waals surface area contributed by atoms with Gasteiger partial charge in [0, 0.05) is 19.1 Å². The molecule has 8 heteroatoms. The Morgan fingerprint density at radius 3 is 2.52 bits per heavy atom. The van der Waals surface area contributed by atoms with Crippen molar-refractivity contribution in [3.63, 3.8) is 0 Å². The quantitative estimate of drug-likeness (QED) is 0.504. The zero-order valence-corrected chi connectivity index (χ0v) is 20.4. The standard InChI is InChI=1S/C25H35N3O4S/c1-3-21-10-7-8-18-27(21)19-9-17-26-25(29)20-28(22-11-5-4-6-12-22)33(30,31)24-15-13-23(32-2)14-16-24/h4-6,11-16,21H,3,7-10,17-20H2,1-2H3,(H,26,29). The van der Waals surface area contributed by atoms with Gasteiger partial charge in [-0.05, 0) is 68.6 Å². The second-order valence-corrected chi connectivity index (χ2v) is 10.2. The average molecular weight is 474 g/mol. The predicted molar refractivity (Wildman–Crippen MR) is 131 cm³/mol. The van der Waals surface area contributed by atoms with Gasteiger partial charge in [-0.1, -0.05) is 31.5 Å². The highest BCUT2D eigenvalue weighted by Crippen LogP contribution is 2.25. The van der Waals surface area contributed by atoms with Gasteiger partial charge in [0.25, 0.3) is 10.0 Å². The number of anilines is 1. The molecule has 0 bridgehead atoms. The van der Waals surface area contributed by atoms with E-state index in [4.69, 9.17) is 4.74 Å². The summed E-state index contributed by atoms with van der Waals surface area (Å²) in [6.07, 6.45) is 5.78. The minimum atomic E-state index is -3.92. The van der Waals surface area contributed by atoms with Crippen LogP contribution in [-0.4, -0.2) is 58.6 Å². The van der Waals surface area contributed by atoms with Crippen LogP contribution in [0.3, 0.4) is 0 Å². The molecule has 1 fully saturated rings. The van der Waals surface area contributed by atoms with Gasteiger partial charge in [0.1, 0.15) is 12.3 Å². The fraction of sp³-hybridized carbons (Fsp3) is 0.480. The summed E-state index contributed by atoms with van der Waals surface area (Å²) in [6, 6.07) is 15.5. The largest absolute Gasteiger partial charge is 0.497 e. The molecule has 3 rings (SSSR count). The van der Waals surface area contributed by atoms with Gasteiger partial charge in [-0.2, -0.15) is 0 Å². The summed E-state index contributed by atoms with van der Waals surface area (Å²) in [7, 11) is -2.40. The summed E-state index contributed by atoms with van der Waals surface area (Å²) >= 11 is 0. The first-order valence-electron chi connectivity index (χ1n) is 11.7. The molecule has 0 aliphatic carbocycles. The molecule has 2 aromatic rings. The SMILES string of the molecule is CCC1CCCCN1CCCNC(=O)CN(c1ccccc1)S(=O)(=O)c1ccc(OC)cc1. The molecule has 180 valence electrons. The Morgan fingerprint density at radius 1 is 1.12 bits per heavy atom. The second-order valence-electron chi connectivity index (χ2n) is 8.32. The van der Waals surface area contributed by atoms with Crippen LogP contribution in [0.2, 0.25) is 0 Å². The molecule has 1 N–H and O–H groups in total. The Morgan fingerprint density at radius 2 is 1.85 bits per heavy atom. The molecular formula is C25H35N3O4S. The van der Waals surface area contributed by atoms with Gasteiger partial charge in [-0.25, -0.2) is 8.42 Å². The molecule has 1 atom stereocenters. The maximum atomic E-state index is 13.4. The van der Waals surface area contributed by atoms with Crippen LogP contribution in [0.5, 0.6) is 5.75 Å². The third kappa shape index (κ3) is 6.71. The number of rotatable bonds is 11. The summed E-state index contributed by atoms with van der Waals surface area (Å²) in [4.78, 5) is 15.3. The van der Waals surface area contributed by atoms with Crippen molar-refractivity contribution < 1.29 is 17.9 Å². The van der Waals surface area contributed by atoms with E-state index in [-0.39, 0.29) is 17.3 Å². The lowest BCUT2D eigenvalue weighted by molar-refractivity contribution is -0.119. The van der Waals surface area contributed by atoms with Crippen LogP contribution in [0, 0.1) is 0 Å². The molecular weight excluding hydrogens is 438 g/mol. The van der Waals surface area contributed by atoms with Gasteiger partial charge in [0.15, 0.2) is 0 Å². The summed E-state index contributed by atoms with van der Waals surface area (Å²) in [5.74, 6) is 0.249. The molecule has 2 aromatic carbocycles. The van der Waals surface area contributed by atoms with Crippen LogP contribution in [0.4, 0.5) is 5.69 Å². The number of carbonyl (C=O) groups is 1. The molecule has 1 heterocycles. The summed E-state index contributed by atoms with van der Waals surface area (Å²) in [6.45, 7) is 4.54. The number of piperidine rings is 1. The van der Waals surface area contributed by atoms with Crippen molar-refractivity contribution >= 4 is 21.6 Å². The topological polar surface area (TPSA) is 79.0 Å². The molecule has 0 saturated carbocycles. The third-order valence-corrected chi connectivity index (χ3v) is 7.93. The van der Waals surface area contributed by atoms with Crippen LogP contribution in [0.1, 0.15) is 39.0 Å². The van der Waals surface area contributed by atoms with E-state index in [1.807, 2.05) is 6.07 Å². The van der Waals surface area contributed by atoms with Crippen molar-refractivity contribution in [3.8, 4) is 5.75 Å². The van der Waals surface area contributed by atoms with Gasteiger partial charge in [-0.3, -0.25) is 9.10 Å². The number of ether oxygens (including phenoxy) is 1. The van der Waals surface area contributed by atoms with Gasteiger partial charge in [-0.15, -0.1) is 0 Å². The molecule has 7 nitrogen and oxygen atoms in total. The normalized spacial score (nSPS) is 16.8. The third-order valence-electron chi connectivity index (χ3n) is 6.14. The number of benzene rings is 2. The lowest BCUT2D eigenvalue weighted by atomic mass is 10.00. The molecule has 1 saturated heterocycles. The first-order valence-corrected chi connectivity index (χ1v) is 13.1. The lowest BCUT2D eigenvalue weighted by Crippen LogP contribution is -2.43. The summed E-state index contributed by atoms with van der Waals surface area (Å²) in [5.41, 5.74) is 0.447. The fourth-order valence-corrected chi connectivity index (χ4v) is 5.72. The number of amides is 1. The van der Waals surface area contributed by atoms with Crippen molar-refractivity contribution in [2.45, 2.75) is 50.0 Å². The van der Waals surface area contributed by atoms with E-state index in [0.29, 0.717) is 24.0 Å². The first kappa shape index (κ1) is 25.1. The van der Waals surface area contributed by atoms with Crippen LogP contribution < -0.4 is 14.4 Å². The van der Waals surface area contributed by atoms with Gasteiger partial charge in [0.05, 0.1) is 17.7 Å². The predicted octanol–water partition coefficient (Wildman–Crippen LogP) is 3.66. The maximum absolute atomic E-state index is 13.4. The maximum Gasteiger partial charge on any atom is 0.264 e. The molecule has 0 aromatic heterocycles. The van der Waals surface area contributed by atoms with Crippen molar-refractivity contribution in [2.24, 2.45) is 0 Å². The van der Waals surface area contributed by atoms with Crippen molar-refractivity contribution in [2.75, 3.05) is 37.6 Å². The number of hydrogen-bond acceptors (Lipinski definition) is 5. The van der Waals surface area contributed by atoms with Crippen molar-refractivity contribution in [3.05, 3.63) is 54.6 Å². The highest BCUT2D eigenvalue weighted by Gasteiger charge is 2.27. The van der Waals surface area contributed by atoms with Gasteiger partial charge < -0.3 is 15.0 Å². The van der Waals surface area contributed by atoms with E-state index in [9.17, 15) is 13.2 Å². The van der Waals surface area contributed by atoms with E-state index < -0.39 is 10.0 Å². The molecule has 0 spiro atoms. The average Bonchev–Trinajstić information content (AvgIpc) is 2.85. The number of para-hydroxylation sites is 1. The number of nitrogens with one attached hydrogen (secondary N) is 1. The van der Waals surface area contributed by atoms with Crippen molar-refractivity contribution in [1.29, 1.82) is 0 Å². The highest BCUT2D eigenvalue weighted by molar-refractivity contribution is 7.92. The number of sulfonamides is 1. The fourth-order valence-electron chi connectivity index (χ4n) is 4.30. The zero-order valence-electron chi connectivity index (χ0n) is 19.6. The molecule has 0 radical (unpaired) electrons. The number of methoxy groups -OCH3 is 1. The first-order chi connectivity index (χ1) is 16.0. The minimum Gasteiger partial charge on any atom is -0.497 e.